The second kappa shape index (κ2) is 5.72. The highest BCUT2D eigenvalue weighted by atomic mass is 16.5. The van der Waals surface area contributed by atoms with E-state index in [1.54, 1.807) is 6.20 Å². The average molecular weight is 183 g/mol. The Hall–Kier alpha value is -0.870. The van der Waals surface area contributed by atoms with E-state index in [9.17, 15) is 0 Å². The number of rotatable bonds is 0. The number of likely N-dealkylation sites (N-methyl/N-ethyl adjacent to an activating group) is 1. The van der Waals surface area contributed by atoms with Gasteiger partial charge in [0.15, 0.2) is 0 Å². The van der Waals surface area contributed by atoms with Gasteiger partial charge in [0, 0.05) is 25.0 Å². The van der Waals surface area contributed by atoms with Crippen molar-refractivity contribution < 1.29 is 4.74 Å². The molecule has 1 N–H and O–H groups in total. The third-order valence-electron chi connectivity index (χ3n) is 1.87. The smallest absolute Gasteiger partial charge is 0.0594 e. The Balaban J connectivity index is 0.000000132. The van der Waals surface area contributed by atoms with Crippen LogP contribution in [0, 0.1) is 6.92 Å². The van der Waals surface area contributed by atoms with Crippen molar-refractivity contribution in [3.63, 3.8) is 0 Å². The van der Waals surface area contributed by atoms with Crippen LogP contribution in [0.2, 0.25) is 0 Å². The molecule has 1 aliphatic heterocycles. The normalized spacial score (nSPS) is 17.7. The Morgan fingerprint density at radius 3 is 2.38 bits per heavy atom. The van der Waals surface area contributed by atoms with Crippen LogP contribution in [0.25, 0.3) is 0 Å². The van der Waals surface area contributed by atoms with Crippen LogP contribution in [0.15, 0.2) is 12.3 Å². The van der Waals surface area contributed by atoms with Crippen LogP contribution in [0.4, 0.5) is 0 Å². The van der Waals surface area contributed by atoms with Crippen LogP contribution in [-0.2, 0) is 4.74 Å². The SMILES string of the molecule is CN1CCOCC1.Cc1ccn[nH]1. The van der Waals surface area contributed by atoms with Crippen molar-refractivity contribution in [2.75, 3.05) is 33.4 Å². The lowest BCUT2D eigenvalue weighted by Gasteiger charge is -2.21. The zero-order valence-corrected chi connectivity index (χ0v) is 8.29. The van der Waals surface area contributed by atoms with E-state index in [-0.39, 0.29) is 0 Å². The van der Waals surface area contributed by atoms with Gasteiger partial charge >= 0.3 is 0 Å². The van der Waals surface area contributed by atoms with Gasteiger partial charge in [0.05, 0.1) is 13.2 Å². The number of ether oxygens (including phenoxy) is 1. The molecule has 74 valence electrons. The number of morpholine rings is 1. The molecule has 1 aromatic heterocycles. The number of nitrogens with zero attached hydrogens (tertiary/aromatic N) is 2. The number of hydrogen-bond acceptors (Lipinski definition) is 3. The third kappa shape index (κ3) is 4.65. The van der Waals surface area contributed by atoms with E-state index in [0.717, 1.165) is 32.0 Å². The van der Waals surface area contributed by atoms with Gasteiger partial charge in [-0.05, 0) is 20.0 Å². The van der Waals surface area contributed by atoms with Crippen molar-refractivity contribution in [1.29, 1.82) is 0 Å². The van der Waals surface area contributed by atoms with Gasteiger partial charge in [-0.2, -0.15) is 5.10 Å². The molecule has 0 aromatic carbocycles. The van der Waals surface area contributed by atoms with Crippen LogP contribution in [0.1, 0.15) is 5.69 Å². The Labute approximate surface area is 78.9 Å². The Bertz CT molecular complexity index is 205. The fourth-order valence-electron chi connectivity index (χ4n) is 0.980. The van der Waals surface area contributed by atoms with E-state index < -0.39 is 0 Å². The lowest BCUT2D eigenvalue weighted by Crippen LogP contribution is -2.32. The molecule has 0 bridgehead atoms. The van der Waals surface area contributed by atoms with E-state index in [4.69, 9.17) is 4.74 Å². The largest absolute Gasteiger partial charge is 0.379 e. The summed E-state index contributed by atoms with van der Waals surface area (Å²) in [7, 11) is 2.11. The maximum Gasteiger partial charge on any atom is 0.0594 e. The average Bonchev–Trinajstić information content (AvgIpc) is 2.58. The standard InChI is InChI=1S/C5H11NO.C4H6N2/c1-6-2-4-7-5-3-6;1-4-2-3-5-6-4/h2-5H2,1H3;2-3H,1H3,(H,5,6). The minimum absolute atomic E-state index is 0.913. The maximum atomic E-state index is 5.10. The summed E-state index contributed by atoms with van der Waals surface area (Å²) in [4.78, 5) is 2.27. The zero-order chi connectivity index (χ0) is 9.52. The molecule has 0 atom stereocenters. The summed E-state index contributed by atoms with van der Waals surface area (Å²) in [6.45, 7) is 5.99. The van der Waals surface area contributed by atoms with Crippen molar-refractivity contribution in [2.24, 2.45) is 0 Å². The number of hydrogen-bond donors (Lipinski definition) is 1. The first kappa shape index (κ1) is 10.2. The number of nitrogens with one attached hydrogen (secondary N) is 1. The van der Waals surface area contributed by atoms with Gasteiger partial charge in [-0.3, -0.25) is 5.10 Å². The molecule has 0 radical (unpaired) electrons. The van der Waals surface area contributed by atoms with Crippen LogP contribution < -0.4 is 0 Å². The van der Waals surface area contributed by atoms with Crippen molar-refractivity contribution in [1.82, 2.24) is 15.1 Å². The molecule has 2 heterocycles. The lowest BCUT2D eigenvalue weighted by atomic mass is 10.5. The summed E-state index contributed by atoms with van der Waals surface area (Å²) >= 11 is 0. The van der Waals surface area contributed by atoms with E-state index >= 15 is 0 Å². The first-order chi connectivity index (χ1) is 6.29. The van der Waals surface area contributed by atoms with Gasteiger partial charge in [0.2, 0.25) is 0 Å². The zero-order valence-electron chi connectivity index (χ0n) is 8.29. The quantitative estimate of drug-likeness (QED) is 0.642. The molecule has 0 aliphatic carbocycles. The number of aromatic nitrogens is 2. The summed E-state index contributed by atoms with van der Waals surface area (Å²) in [5, 5.41) is 6.45. The van der Waals surface area contributed by atoms with Crippen LogP contribution in [-0.4, -0.2) is 48.4 Å². The van der Waals surface area contributed by atoms with E-state index in [1.807, 2.05) is 13.0 Å². The van der Waals surface area contributed by atoms with Gasteiger partial charge in [-0.25, -0.2) is 0 Å². The molecule has 0 spiro atoms. The Morgan fingerprint density at radius 1 is 1.46 bits per heavy atom. The monoisotopic (exact) mass is 183 g/mol. The third-order valence-corrected chi connectivity index (χ3v) is 1.87. The molecule has 13 heavy (non-hydrogen) atoms. The highest BCUT2D eigenvalue weighted by molar-refractivity contribution is 4.91. The first-order valence-corrected chi connectivity index (χ1v) is 4.51. The predicted molar refractivity (Wildman–Crippen MR) is 51.6 cm³/mol. The molecule has 0 saturated carbocycles. The number of H-pyrrole nitrogens is 1. The second-order valence-electron chi connectivity index (χ2n) is 3.16. The van der Waals surface area contributed by atoms with Gasteiger partial charge in [-0.1, -0.05) is 0 Å². The minimum atomic E-state index is 0.913. The number of aryl methyl sites for hydroxylation is 1. The van der Waals surface area contributed by atoms with E-state index in [0.29, 0.717) is 0 Å². The molecule has 0 amide bonds. The van der Waals surface area contributed by atoms with E-state index in [2.05, 4.69) is 22.1 Å². The molecule has 1 aliphatic rings. The van der Waals surface area contributed by atoms with Crippen LogP contribution in [0.5, 0.6) is 0 Å². The topological polar surface area (TPSA) is 41.1 Å². The van der Waals surface area contributed by atoms with Gasteiger partial charge < -0.3 is 9.64 Å². The molecular formula is C9H17N3O. The summed E-state index contributed by atoms with van der Waals surface area (Å²) in [5.41, 5.74) is 1.11. The van der Waals surface area contributed by atoms with Gasteiger partial charge in [0.25, 0.3) is 0 Å². The summed E-state index contributed by atoms with van der Waals surface area (Å²) < 4.78 is 5.10. The fraction of sp³-hybridized carbons (Fsp3) is 0.667. The summed E-state index contributed by atoms with van der Waals surface area (Å²) in [6, 6.07) is 1.92. The Kier molecular flexibility index (Phi) is 4.49. The molecule has 4 heteroatoms. The summed E-state index contributed by atoms with van der Waals surface area (Å²) in [5.74, 6) is 0. The summed E-state index contributed by atoms with van der Waals surface area (Å²) in [6.07, 6.45) is 1.73. The van der Waals surface area contributed by atoms with Crippen LogP contribution >= 0.6 is 0 Å². The predicted octanol–water partition coefficient (Wildman–Crippen LogP) is 0.667. The Morgan fingerprint density at radius 2 is 2.15 bits per heavy atom. The molecular weight excluding hydrogens is 166 g/mol. The van der Waals surface area contributed by atoms with Crippen LogP contribution in [0.3, 0.4) is 0 Å². The van der Waals surface area contributed by atoms with Crippen molar-refractivity contribution >= 4 is 0 Å². The molecule has 4 nitrogen and oxygen atoms in total. The van der Waals surface area contributed by atoms with Gasteiger partial charge in [0.1, 0.15) is 0 Å². The number of aromatic amines is 1. The van der Waals surface area contributed by atoms with Gasteiger partial charge in [-0.15, -0.1) is 0 Å². The molecule has 1 saturated heterocycles. The van der Waals surface area contributed by atoms with E-state index in [1.165, 1.54) is 0 Å². The maximum absolute atomic E-state index is 5.10. The highest BCUT2D eigenvalue weighted by Crippen LogP contribution is 1.89. The highest BCUT2D eigenvalue weighted by Gasteiger charge is 2.02. The minimum Gasteiger partial charge on any atom is -0.379 e. The molecule has 1 aromatic rings. The van der Waals surface area contributed by atoms with Crippen molar-refractivity contribution in [3.8, 4) is 0 Å². The first-order valence-electron chi connectivity index (χ1n) is 4.51. The fourth-order valence-corrected chi connectivity index (χ4v) is 0.980. The molecule has 0 unspecified atom stereocenters. The molecule has 2 rings (SSSR count). The second-order valence-corrected chi connectivity index (χ2v) is 3.16. The van der Waals surface area contributed by atoms with Crippen molar-refractivity contribution in [2.45, 2.75) is 6.92 Å². The lowest BCUT2D eigenvalue weighted by molar-refractivity contribution is 0.0503. The van der Waals surface area contributed by atoms with Crippen molar-refractivity contribution in [3.05, 3.63) is 18.0 Å². The molecule has 1 fully saturated rings.